The number of nitrogens with zero attached hydrogens (tertiary/aromatic N) is 6. The minimum atomic E-state index is 0.349. The van der Waals surface area contributed by atoms with Gasteiger partial charge in [-0.25, -0.2) is 4.98 Å². The van der Waals surface area contributed by atoms with Crippen molar-refractivity contribution in [2.45, 2.75) is 19.8 Å². The van der Waals surface area contributed by atoms with Gasteiger partial charge in [-0.2, -0.15) is 10.2 Å². The van der Waals surface area contributed by atoms with E-state index in [0.29, 0.717) is 11.7 Å². The van der Waals surface area contributed by atoms with Gasteiger partial charge in [0.2, 0.25) is 5.13 Å². The summed E-state index contributed by atoms with van der Waals surface area (Å²) in [6, 6.07) is 7.52. The second kappa shape index (κ2) is 6.96. The van der Waals surface area contributed by atoms with Crippen molar-refractivity contribution in [1.82, 2.24) is 30.4 Å². The Kier molecular flexibility index (Phi) is 4.36. The first-order chi connectivity index (χ1) is 12.7. The number of aromatic nitrogens is 6. The van der Waals surface area contributed by atoms with Crippen LogP contribution in [0.2, 0.25) is 0 Å². The molecule has 9 heteroatoms. The van der Waals surface area contributed by atoms with Gasteiger partial charge in [0.1, 0.15) is 16.3 Å². The van der Waals surface area contributed by atoms with Crippen molar-refractivity contribution in [2.75, 3.05) is 10.6 Å². The third-order valence-corrected chi connectivity index (χ3v) is 4.76. The highest BCUT2D eigenvalue weighted by Crippen LogP contribution is 2.27. The number of nitrogens with one attached hydrogen (secondary N) is 2. The van der Waals surface area contributed by atoms with Crippen LogP contribution in [0.5, 0.6) is 0 Å². The summed E-state index contributed by atoms with van der Waals surface area (Å²) in [4.78, 5) is 9.06. The maximum absolute atomic E-state index is 4.69. The molecule has 0 saturated heterocycles. The van der Waals surface area contributed by atoms with E-state index in [1.807, 2.05) is 24.3 Å². The van der Waals surface area contributed by atoms with E-state index in [-0.39, 0.29) is 0 Å². The molecule has 0 unspecified atom stereocenters. The average Bonchev–Trinajstić information content (AvgIpc) is 3.12. The Bertz CT molecular complexity index is 1030. The van der Waals surface area contributed by atoms with Crippen LogP contribution in [0.3, 0.4) is 0 Å². The predicted octanol–water partition coefficient (Wildman–Crippen LogP) is 3.88. The SMILES string of the molecule is CC(C)c1nnc(Nc2ccc3nccc(Nc4ccnnc4)c3n2)s1. The topological polar surface area (TPSA) is 101 Å². The highest BCUT2D eigenvalue weighted by molar-refractivity contribution is 7.15. The third kappa shape index (κ3) is 3.42. The Balaban J connectivity index is 1.65. The van der Waals surface area contributed by atoms with Gasteiger partial charge < -0.3 is 10.6 Å². The summed E-state index contributed by atoms with van der Waals surface area (Å²) >= 11 is 1.53. The smallest absolute Gasteiger partial charge is 0.211 e. The van der Waals surface area contributed by atoms with Crippen LogP contribution in [-0.2, 0) is 0 Å². The van der Waals surface area contributed by atoms with Crippen LogP contribution < -0.4 is 10.6 Å². The first-order valence-corrected chi connectivity index (χ1v) is 8.90. The molecule has 0 atom stereocenters. The van der Waals surface area contributed by atoms with Gasteiger partial charge in [-0.05, 0) is 24.3 Å². The molecule has 4 aromatic rings. The van der Waals surface area contributed by atoms with E-state index in [1.165, 1.54) is 11.3 Å². The molecule has 8 nitrogen and oxygen atoms in total. The molecule has 2 N–H and O–H groups in total. The fourth-order valence-electron chi connectivity index (χ4n) is 2.34. The number of hydrogen-bond donors (Lipinski definition) is 2. The molecule has 4 rings (SSSR count). The summed E-state index contributed by atoms with van der Waals surface area (Å²) in [5, 5.41) is 24.2. The number of anilines is 4. The Labute approximate surface area is 153 Å². The largest absolute Gasteiger partial charge is 0.352 e. The van der Waals surface area contributed by atoms with Crippen molar-refractivity contribution in [3.8, 4) is 0 Å². The zero-order chi connectivity index (χ0) is 17.9. The van der Waals surface area contributed by atoms with Gasteiger partial charge >= 0.3 is 0 Å². The van der Waals surface area contributed by atoms with E-state index in [0.717, 1.165) is 32.5 Å². The highest BCUT2D eigenvalue weighted by Gasteiger charge is 2.10. The molecule has 26 heavy (non-hydrogen) atoms. The first-order valence-electron chi connectivity index (χ1n) is 8.09. The molecule has 0 radical (unpaired) electrons. The normalized spacial score (nSPS) is 11.0. The molecule has 0 bridgehead atoms. The summed E-state index contributed by atoms with van der Waals surface area (Å²) < 4.78 is 0. The summed E-state index contributed by atoms with van der Waals surface area (Å²) in [5.41, 5.74) is 3.22. The molecule has 4 heterocycles. The van der Waals surface area contributed by atoms with Gasteiger partial charge in [0, 0.05) is 12.1 Å². The Morgan fingerprint density at radius 2 is 1.88 bits per heavy atom. The molecular formula is C17H16N8S. The fraction of sp³-hybridized carbons (Fsp3) is 0.176. The molecule has 0 spiro atoms. The lowest BCUT2D eigenvalue weighted by atomic mass is 10.2. The van der Waals surface area contributed by atoms with Gasteiger partial charge in [-0.3, -0.25) is 4.98 Å². The lowest BCUT2D eigenvalue weighted by Gasteiger charge is -2.09. The van der Waals surface area contributed by atoms with E-state index in [4.69, 9.17) is 0 Å². The number of hydrogen-bond acceptors (Lipinski definition) is 9. The number of pyridine rings is 2. The standard InChI is InChI=1S/C17H16N8S/c1-10(2)16-24-25-17(26-16)23-14-4-3-12-15(22-14)13(6-7-18-12)21-11-5-8-19-20-9-11/h3-10H,1-2H3,(H,18,19,21)(H,22,23,25). The zero-order valence-electron chi connectivity index (χ0n) is 14.2. The molecule has 0 aliphatic carbocycles. The summed E-state index contributed by atoms with van der Waals surface area (Å²) in [7, 11) is 0. The van der Waals surface area contributed by atoms with Gasteiger partial charge in [-0.15, -0.1) is 10.2 Å². The maximum atomic E-state index is 4.69. The fourth-order valence-corrected chi connectivity index (χ4v) is 3.10. The van der Waals surface area contributed by atoms with Crippen molar-refractivity contribution in [2.24, 2.45) is 0 Å². The van der Waals surface area contributed by atoms with Crippen LogP contribution in [0.1, 0.15) is 24.8 Å². The molecule has 0 aromatic carbocycles. The van der Waals surface area contributed by atoms with Crippen LogP contribution in [0.4, 0.5) is 22.3 Å². The van der Waals surface area contributed by atoms with Crippen LogP contribution in [0.15, 0.2) is 42.9 Å². The van der Waals surface area contributed by atoms with Crippen molar-refractivity contribution < 1.29 is 0 Å². The number of rotatable bonds is 5. The maximum Gasteiger partial charge on any atom is 0.211 e. The molecular weight excluding hydrogens is 348 g/mol. The van der Waals surface area contributed by atoms with E-state index in [9.17, 15) is 0 Å². The second-order valence-corrected chi connectivity index (χ2v) is 6.91. The molecule has 0 fully saturated rings. The van der Waals surface area contributed by atoms with E-state index >= 15 is 0 Å². The van der Waals surface area contributed by atoms with Crippen LogP contribution in [0.25, 0.3) is 11.0 Å². The molecule has 0 aliphatic heterocycles. The van der Waals surface area contributed by atoms with E-state index < -0.39 is 0 Å². The average molecular weight is 364 g/mol. The van der Waals surface area contributed by atoms with Crippen LogP contribution in [0, 0.1) is 0 Å². The minimum absolute atomic E-state index is 0.349. The first kappa shape index (κ1) is 16.3. The Morgan fingerprint density at radius 1 is 0.962 bits per heavy atom. The van der Waals surface area contributed by atoms with Crippen LogP contribution in [-0.4, -0.2) is 30.4 Å². The quantitative estimate of drug-likeness (QED) is 0.550. The second-order valence-electron chi connectivity index (χ2n) is 5.90. The van der Waals surface area contributed by atoms with Crippen LogP contribution >= 0.6 is 11.3 Å². The molecule has 130 valence electrons. The van der Waals surface area contributed by atoms with E-state index in [1.54, 1.807) is 18.6 Å². The van der Waals surface area contributed by atoms with Crippen molar-refractivity contribution in [3.05, 3.63) is 47.9 Å². The van der Waals surface area contributed by atoms with Gasteiger partial charge in [0.05, 0.1) is 29.3 Å². The lowest BCUT2D eigenvalue weighted by Crippen LogP contribution is -1.98. The minimum Gasteiger partial charge on any atom is -0.352 e. The summed E-state index contributed by atoms with van der Waals surface area (Å²) in [6.45, 7) is 4.19. The van der Waals surface area contributed by atoms with Gasteiger partial charge in [0.25, 0.3) is 0 Å². The predicted molar refractivity (Wildman–Crippen MR) is 102 cm³/mol. The molecule has 4 aromatic heterocycles. The highest BCUT2D eigenvalue weighted by atomic mass is 32.1. The van der Waals surface area contributed by atoms with E-state index in [2.05, 4.69) is 54.8 Å². The lowest BCUT2D eigenvalue weighted by molar-refractivity contribution is 0.825. The third-order valence-electron chi connectivity index (χ3n) is 3.62. The molecule has 0 aliphatic rings. The number of fused-ring (bicyclic) bond motifs is 1. The summed E-state index contributed by atoms with van der Waals surface area (Å²) in [6.07, 6.45) is 5.03. The van der Waals surface area contributed by atoms with Crippen molar-refractivity contribution >= 4 is 44.7 Å². The Morgan fingerprint density at radius 3 is 2.65 bits per heavy atom. The molecule has 0 saturated carbocycles. The van der Waals surface area contributed by atoms with Crippen molar-refractivity contribution in [3.63, 3.8) is 0 Å². The van der Waals surface area contributed by atoms with Gasteiger partial charge in [-0.1, -0.05) is 25.2 Å². The van der Waals surface area contributed by atoms with Gasteiger partial charge in [0.15, 0.2) is 0 Å². The van der Waals surface area contributed by atoms with Crippen molar-refractivity contribution in [1.29, 1.82) is 0 Å². The zero-order valence-corrected chi connectivity index (χ0v) is 15.0. The molecule has 0 amide bonds. The summed E-state index contributed by atoms with van der Waals surface area (Å²) in [5.74, 6) is 1.04. The Hall–Kier alpha value is -3.20. The monoisotopic (exact) mass is 364 g/mol.